The number of rotatable bonds is 6. The zero-order chi connectivity index (χ0) is 14.5. The molecule has 1 aromatic rings. The largest absolute Gasteiger partial charge is 0.384 e. The van der Waals surface area contributed by atoms with Crippen LogP contribution < -0.4 is 10.6 Å². The molecule has 1 heterocycles. The van der Waals surface area contributed by atoms with Crippen LogP contribution in [-0.2, 0) is 11.2 Å². The van der Waals surface area contributed by atoms with Gasteiger partial charge < -0.3 is 15.4 Å². The van der Waals surface area contributed by atoms with Crippen LogP contribution in [0.1, 0.15) is 25.3 Å². The van der Waals surface area contributed by atoms with Crippen molar-refractivity contribution in [3.63, 3.8) is 0 Å². The Balaban J connectivity index is 2.18. The molecule has 2 N–H and O–H groups in total. The molecule has 0 bridgehead atoms. The molecule has 1 aliphatic rings. The van der Waals surface area contributed by atoms with E-state index in [1.165, 1.54) is 17.7 Å². The van der Waals surface area contributed by atoms with Gasteiger partial charge in [0.15, 0.2) is 0 Å². The monoisotopic (exact) mass is 296 g/mol. The minimum absolute atomic E-state index is 0.199. The Morgan fingerprint density at radius 2 is 2.30 bits per heavy atom. The molecule has 1 aliphatic heterocycles. The third-order valence-corrected chi connectivity index (χ3v) is 4.39. The predicted molar refractivity (Wildman–Crippen MR) is 85.6 cm³/mol. The molecule has 0 spiro atoms. The molecule has 112 valence electrons. The first kappa shape index (κ1) is 15.6. The van der Waals surface area contributed by atoms with Crippen molar-refractivity contribution in [2.24, 2.45) is 11.7 Å². The SMILES string of the molecule is CCC(N)Cc1cccc(Cl)c1N1CCC(COC)C1. The number of benzene rings is 1. The van der Waals surface area contributed by atoms with Crippen LogP contribution in [0.4, 0.5) is 5.69 Å². The number of nitrogens with two attached hydrogens (primary N) is 1. The molecule has 0 amide bonds. The fourth-order valence-electron chi connectivity index (χ4n) is 2.91. The van der Waals surface area contributed by atoms with Crippen LogP contribution in [0.3, 0.4) is 0 Å². The highest BCUT2D eigenvalue weighted by molar-refractivity contribution is 6.33. The van der Waals surface area contributed by atoms with E-state index in [9.17, 15) is 0 Å². The molecule has 1 aromatic carbocycles. The fraction of sp³-hybridized carbons (Fsp3) is 0.625. The number of halogens is 1. The Kier molecular flexibility index (Phi) is 5.70. The molecule has 0 aromatic heterocycles. The first-order valence-corrected chi connectivity index (χ1v) is 7.80. The summed E-state index contributed by atoms with van der Waals surface area (Å²) < 4.78 is 5.27. The standard InChI is InChI=1S/C16H25ClN2O/c1-3-14(18)9-13-5-4-6-15(17)16(13)19-8-7-12(10-19)11-20-2/h4-6,12,14H,3,7-11,18H2,1-2H3. The van der Waals surface area contributed by atoms with Crippen LogP contribution in [0.5, 0.6) is 0 Å². The molecule has 20 heavy (non-hydrogen) atoms. The average Bonchev–Trinajstić information content (AvgIpc) is 2.87. The molecule has 0 saturated carbocycles. The summed E-state index contributed by atoms with van der Waals surface area (Å²) in [7, 11) is 1.77. The van der Waals surface area contributed by atoms with E-state index in [0.29, 0.717) is 5.92 Å². The van der Waals surface area contributed by atoms with Crippen LogP contribution in [0.25, 0.3) is 0 Å². The van der Waals surface area contributed by atoms with Gasteiger partial charge in [0.1, 0.15) is 0 Å². The number of ether oxygens (including phenoxy) is 1. The molecule has 4 heteroatoms. The van der Waals surface area contributed by atoms with Gasteiger partial charge in [-0.1, -0.05) is 30.7 Å². The second-order valence-electron chi connectivity index (χ2n) is 5.68. The van der Waals surface area contributed by atoms with E-state index >= 15 is 0 Å². The van der Waals surface area contributed by atoms with E-state index in [1.54, 1.807) is 7.11 Å². The van der Waals surface area contributed by atoms with Crippen molar-refractivity contribution in [3.05, 3.63) is 28.8 Å². The van der Waals surface area contributed by atoms with E-state index in [2.05, 4.69) is 17.9 Å². The molecule has 0 radical (unpaired) electrons. The van der Waals surface area contributed by atoms with Crippen LogP contribution in [0.2, 0.25) is 5.02 Å². The van der Waals surface area contributed by atoms with Crippen molar-refractivity contribution in [2.45, 2.75) is 32.2 Å². The summed E-state index contributed by atoms with van der Waals surface area (Å²) in [5, 5.41) is 0.837. The highest BCUT2D eigenvalue weighted by Crippen LogP contribution is 2.34. The van der Waals surface area contributed by atoms with Gasteiger partial charge in [-0.3, -0.25) is 0 Å². The van der Waals surface area contributed by atoms with Crippen molar-refractivity contribution < 1.29 is 4.74 Å². The van der Waals surface area contributed by atoms with Crippen molar-refractivity contribution in [3.8, 4) is 0 Å². The molecule has 2 unspecified atom stereocenters. The van der Waals surface area contributed by atoms with Gasteiger partial charge in [-0.05, 0) is 30.9 Å². The third kappa shape index (κ3) is 3.66. The van der Waals surface area contributed by atoms with Gasteiger partial charge in [-0.25, -0.2) is 0 Å². The van der Waals surface area contributed by atoms with E-state index < -0.39 is 0 Å². The highest BCUT2D eigenvalue weighted by Gasteiger charge is 2.25. The molecule has 0 aliphatic carbocycles. The van der Waals surface area contributed by atoms with Gasteiger partial charge in [0.2, 0.25) is 0 Å². The van der Waals surface area contributed by atoms with Gasteiger partial charge in [-0.15, -0.1) is 0 Å². The Morgan fingerprint density at radius 3 is 3.00 bits per heavy atom. The summed E-state index contributed by atoms with van der Waals surface area (Å²) in [6, 6.07) is 6.35. The van der Waals surface area contributed by atoms with Crippen LogP contribution in [-0.4, -0.2) is 32.8 Å². The maximum atomic E-state index is 6.45. The Bertz CT molecular complexity index is 438. The summed E-state index contributed by atoms with van der Waals surface area (Å²) >= 11 is 6.45. The minimum Gasteiger partial charge on any atom is -0.384 e. The van der Waals surface area contributed by atoms with E-state index in [-0.39, 0.29) is 6.04 Å². The zero-order valence-corrected chi connectivity index (χ0v) is 13.2. The molecule has 3 nitrogen and oxygen atoms in total. The fourth-order valence-corrected chi connectivity index (χ4v) is 3.23. The van der Waals surface area contributed by atoms with Crippen molar-refractivity contribution in [2.75, 3.05) is 31.7 Å². The number of hydrogen-bond donors (Lipinski definition) is 1. The molecule has 1 fully saturated rings. The van der Waals surface area contributed by atoms with Crippen molar-refractivity contribution >= 4 is 17.3 Å². The predicted octanol–water partition coefficient (Wildman–Crippen LogP) is 3.09. The summed E-state index contributed by atoms with van der Waals surface area (Å²) in [5.41, 5.74) is 8.56. The molecular weight excluding hydrogens is 272 g/mol. The van der Waals surface area contributed by atoms with Crippen molar-refractivity contribution in [1.82, 2.24) is 0 Å². The second kappa shape index (κ2) is 7.30. The van der Waals surface area contributed by atoms with Crippen LogP contribution in [0.15, 0.2) is 18.2 Å². The van der Waals surface area contributed by atoms with Gasteiger partial charge in [0.05, 0.1) is 17.3 Å². The number of para-hydroxylation sites is 1. The lowest BCUT2D eigenvalue weighted by molar-refractivity contribution is 0.161. The number of hydrogen-bond acceptors (Lipinski definition) is 3. The quantitative estimate of drug-likeness (QED) is 0.877. The first-order valence-electron chi connectivity index (χ1n) is 7.42. The summed E-state index contributed by atoms with van der Waals surface area (Å²) in [4.78, 5) is 2.39. The minimum atomic E-state index is 0.199. The maximum Gasteiger partial charge on any atom is 0.0642 e. The van der Waals surface area contributed by atoms with Gasteiger partial charge in [0.25, 0.3) is 0 Å². The molecule has 2 rings (SSSR count). The van der Waals surface area contributed by atoms with E-state index in [0.717, 1.165) is 37.6 Å². The second-order valence-corrected chi connectivity index (χ2v) is 6.08. The lowest BCUT2D eigenvalue weighted by Gasteiger charge is -2.24. The molecular formula is C16H25ClN2O. The number of anilines is 1. The topological polar surface area (TPSA) is 38.5 Å². The normalized spacial score (nSPS) is 20.4. The Morgan fingerprint density at radius 1 is 1.50 bits per heavy atom. The molecule has 1 saturated heterocycles. The smallest absolute Gasteiger partial charge is 0.0642 e. The van der Waals surface area contributed by atoms with Gasteiger partial charge in [0, 0.05) is 32.2 Å². The first-order chi connectivity index (χ1) is 9.65. The van der Waals surface area contributed by atoms with E-state index in [4.69, 9.17) is 22.1 Å². The number of nitrogens with zero attached hydrogens (tertiary/aromatic N) is 1. The lowest BCUT2D eigenvalue weighted by atomic mass is 10.0. The highest BCUT2D eigenvalue weighted by atomic mass is 35.5. The Hall–Kier alpha value is -0.770. The maximum absolute atomic E-state index is 6.45. The summed E-state index contributed by atoms with van der Waals surface area (Å²) in [6.45, 7) is 5.02. The summed E-state index contributed by atoms with van der Waals surface area (Å²) in [6.07, 6.45) is 3.04. The number of methoxy groups -OCH3 is 1. The zero-order valence-electron chi connectivity index (χ0n) is 12.4. The van der Waals surface area contributed by atoms with Crippen molar-refractivity contribution in [1.29, 1.82) is 0 Å². The van der Waals surface area contributed by atoms with Gasteiger partial charge >= 0.3 is 0 Å². The lowest BCUT2D eigenvalue weighted by Crippen LogP contribution is -2.26. The van der Waals surface area contributed by atoms with Crippen LogP contribution in [0, 0.1) is 5.92 Å². The third-order valence-electron chi connectivity index (χ3n) is 4.08. The Labute approximate surface area is 127 Å². The van der Waals surface area contributed by atoms with Gasteiger partial charge in [-0.2, -0.15) is 0 Å². The van der Waals surface area contributed by atoms with E-state index in [1.807, 2.05) is 12.1 Å². The summed E-state index contributed by atoms with van der Waals surface area (Å²) in [5.74, 6) is 0.601. The average molecular weight is 297 g/mol. The van der Waals surface area contributed by atoms with Crippen LogP contribution >= 0.6 is 11.6 Å². The molecule has 2 atom stereocenters.